The number of rotatable bonds is 2. The van der Waals surface area contributed by atoms with E-state index in [1.165, 1.54) is 6.07 Å². The third kappa shape index (κ3) is 2.01. The lowest BCUT2D eigenvalue weighted by Gasteiger charge is -2.11. The van der Waals surface area contributed by atoms with Gasteiger partial charge in [0.25, 0.3) is 0 Å². The summed E-state index contributed by atoms with van der Waals surface area (Å²) in [7, 11) is 1.60. The van der Waals surface area contributed by atoms with E-state index in [0.717, 1.165) is 16.7 Å². The summed E-state index contributed by atoms with van der Waals surface area (Å²) in [4.78, 5) is 4.36. The molecule has 2 N–H and O–H groups in total. The highest BCUT2D eigenvalue weighted by molar-refractivity contribution is 5.80. The minimum absolute atomic E-state index is 0.214. The van der Waals surface area contributed by atoms with Crippen LogP contribution in [0.2, 0.25) is 0 Å². The first-order valence-electron chi connectivity index (χ1n) is 6.60. The molecule has 0 amide bonds. The second-order valence-corrected chi connectivity index (χ2v) is 5.06. The summed E-state index contributed by atoms with van der Waals surface area (Å²) in [5.41, 5.74) is 9.72. The van der Waals surface area contributed by atoms with Gasteiger partial charge in [-0.25, -0.2) is 9.37 Å². The Morgan fingerprint density at radius 2 is 2.05 bits per heavy atom. The molecule has 5 heteroatoms. The second-order valence-electron chi connectivity index (χ2n) is 5.06. The summed E-state index contributed by atoms with van der Waals surface area (Å²) in [6.07, 6.45) is 1.69. The Hall–Kier alpha value is -2.56. The van der Waals surface area contributed by atoms with Crippen LogP contribution >= 0.6 is 0 Å². The highest BCUT2D eigenvalue weighted by atomic mass is 19.1. The normalized spacial score (nSPS) is 11.0. The SMILES string of the molecule is COc1c(C)cc(C)cc1-c1nc2c(F)cccn2c1N. The van der Waals surface area contributed by atoms with Crippen LogP contribution in [0.1, 0.15) is 11.1 Å². The molecule has 0 bridgehead atoms. The van der Waals surface area contributed by atoms with Crippen LogP contribution in [-0.2, 0) is 0 Å². The van der Waals surface area contributed by atoms with E-state index in [0.29, 0.717) is 17.3 Å². The molecule has 4 nitrogen and oxygen atoms in total. The van der Waals surface area contributed by atoms with Crippen molar-refractivity contribution in [1.82, 2.24) is 9.38 Å². The van der Waals surface area contributed by atoms with E-state index in [9.17, 15) is 4.39 Å². The fourth-order valence-electron chi connectivity index (χ4n) is 2.65. The molecular formula is C16H16FN3O. The minimum atomic E-state index is -0.404. The lowest BCUT2D eigenvalue weighted by atomic mass is 10.0. The van der Waals surface area contributed by atoms with E-state index in [1.807, 2.05) is 26.0 Å². The third-order valence-corrected chi connectivity index (χ3v) is 3.52. The van der Waals surface area contributed by atoms with Gasteiger partial charge >= 0.3 is 0 Å². The first kappa shape index (κ1) is 13.4. The number of hydrogen-bond donors (Lipinski definition) is 1. The number of pyridine rings is 1. The number of benzene rings is 1. The number of fused-ring (bicyclic) bond motifs is 1. The monoisotopic (exact) mass is 285 g/mol. The number of aromatic nitrogens is 2. The Bertz CT molecular complexity index is 839. The van der Waals surface area contributed by atoms with Crippen LogP contribution in [0.5, 0.6) is 5.75 Å². The summed E-state index contributed by atoms with van der Waals surface area (Å²) in [6.45, 7) is 3.95. The number of ether oxygens (including phenoxy) is 1. The zero-order chi connectivity index (χ0) is 15.1. The summed E-state index contributed by atoms with van der Waals surface area (Å²) in [5.74, 6) is 0.697. The molecule has 0 radical (unpaired) electrons. The molecule has 2 heterocycles. The molecule has 3 rings (SSSR count). The molecule has 0 fully saturated rings. The van der Waals surface area contributed by atoms with Gasteiger partial charge in [-0.1, -0.05) is 6.07 Å². The van der Waals surface area contributed by atoms with Crippen LogP contribution in [0.25, 0.3) is 16.9 Å². The summed E-state index contributed by atoms with van der Waals surface area (Å²) < 4.78 is 20.9. The Morgan fingerprint density at radius 3 is 2.71 bits per heavy atom. The van der Waals surface area contributed by atoms with Crippen LogP contribution in [0.3, 0.4) is 0 Å². The lowest BCUT2D eigenvalue weighted by molar-refractivity contribution is 0.413. The van der Waals surface area contributed by atoms with Crippen LogP contribution in [0.4, 0.5) is 10.2 Å². The topological polar surface area (TPSA) is 52.5 Å². The largest absolute Gasteiger partial charge is 0.496 e. The summed E-state index contributed by atoms with van der Waals surface area (Å²) in [5, 5.41) is 0. The van der Waals surface area contributed by atoms with Crippen LogP contribution < -0.4 is 10.5 Å². The van der Waals surface area contributed by atoms with Crippen molar-refractivity contribution in [3.05, 3.63) is 47.4 Å². The van der Waals surface area contributed by atoms with Gasteiger partial charge in [0.2, 0.25) is 0 Å². The number of aryl methyl sites for hydroxylation is 2. The molecule has 0 atom stereocenters. The minimum Gasteiger partial charge on any atom is -0.496 e. The smallest absolute Gasteiger partial charge is 0.175 e. The van der Waals surface area contributed by atoms with Crippen molar-refractivity contribution in [2.24, 2.45) is 0 Å². The summed E-state index contributed by atoms with van der Waals surface area (Å²) >= 11 is 0. The Morgan fingerprint density at radius 1 is 1.29 bits per heavy atom. The molecule has 0 unspecified atom stereocenters. The average Bonchev–Trinajstić information content (AvgIpc) is 2.77. The first-order valence-corrected chi connectivity index (χ1v) is 6.60. The van der Waals surface area contributed by atoms with Gasteiger partial charge in [-0.3, -0.25) is 4.40 Å². The van der Waals surface area contributed by atoms with E-state index in [-0.39, 0.29) is 5.65 Å². The highest BCUT2D eigenvalue weighted by Gasteiger charge is 2.18. The van der Waals surface area contributed by atoms with Crippen molar-refractivity contribution in [2.75, 3.05) is 12.8 Å². The molecule has 21 heavy (non-hydrogen) atoms. The number of halogens is 1. The number of nitrogens with zero attached hydrogens (tertiary/aromatic N) is 2. The second kappa shape index (κ2) is 4.77. The molecule has 1 aromatic carbocycles. The Kier molecular flexibility index (Phi) is 3.05. The highest BCUT2D eigenvalue weighted by Crippen LogP contribution is 2.37. The van der Waals surface area contributed by atoms with E-state index in [2.05, 4.69) is 4.98 Å². The van der Waals surface area contributed by atoms with Gasteiger partial charge in [-0.15, -0.1) is 0 Å². The first-order chi connectivity index (χ1) is 10.0. The average molecular weight is 285 g/mol. The van der Waals surface area contributed by atoms with Crippen LogP contribution in [0.15, 0.2) is 30.5 Å². The van der Waals surface area contributed by atoms with Gasteiger partial charge in [-0.05, 0) is 43.2 Å². The quantitative estimate of drug-likeness (QED) is 0.785. The molecule has 0 saturated carbocycles. The zero-order valence-electron chi connectivity index (χ0n) is 12.1. The van der Waals surface area contributed by atoms with Crippen molar-refractivity contribution in [3.8, 4) is 17.0 Å². The van der Waals surface area contributed by atoms with Crippen molar-refractivity contribution in [3.63, 3.8) is 0 Å². The van der Waals surface area contributed by atoms with Crippen LogP contribution in [-0.4, -0.2) is 16.5 Å². The number of imidazole rings is 1. The van der Waals surface area contributed by atoms with Gasteiger partial charge in [0.1, 0.15) is 17.3 Å². The fraction of sp³-hybridized carbons (Fsp3) is 0.188. The maximum absolute atomic E-state index is 13.9. The van der Waals surface area contributed by atoms with Crippen molar-refractivity contribution >= 4 is 11.5 Å². The van der Waals surface area contributed by atoms with Gasteiger partial charge in [0.15, 0.2) is 11.5 Å². The number of hydrogen-bond acceptors (Lipinski definition) is 3. The molecule has 2 aromatic heterocycles. The van der Waals surface area contributed by atoms with E-state index < -0.39 is 5.82 Å². The van der Waals surface area contributed by atoms with Crippen molar-refractivity contribution in [1.29, 1.82) is 0 Å². The predicted molar refractivity (Wildman–Crippen MR) is 81.0 cm³/mol. The van der Waals surface area contributed by atoms with Crippen LogP contribution in [0, 0.1) is 19.7 Å². The summed E-state index contributed by atoms with van der Waals surface area (Å²) in [6, 6.07) is 6.93. The standard InChI is InChI=1S/C16H16FN3O/c1-9-7-10(2)14(21-3)11(8-9)13-15(18)20-6-4-5-12(17)16(20)19-13/h4-8H,18H2,1-3H3. The number of anilines is 1. The number of methoxy groups -OCH3 is 1. The third-order valence-electron chi connectivity index (χ3n) is 3.52. The van der Waals surface area contributed by atoms with E-state index >= 15 is 0 Å². The Labute approximate surface area is 122 Å². The van der Waals surface area contributed by atoms with Gasteiger partial charge in [-0.2, -0.15) is 0 Å². The maximum atomic E-state index is 13.9. The Balaban J connectivity index is 2.36. The molecule has 0 aliphatic heterocycles. The molecule has 0 spiro atoms. The van der Waals surface area contributed by atoms with Gasteiger partial charge in [0.05, 0.1) is 7.11 Å². The zero-order valence-corrected chi connectivity index (χ0v) is 12.1. The lowest BCUT2D eigenvalue weighted by Crippen LogP contribution is -1.97. The maximum Gasteiger partial charge on any atom is 0.175 e. The molecule has 0 saturated heterocycles. The fourth-order valence-corrected chi connectivity index (χ4v) is 2.65. The number of nitrogen functional groups attached to an aromatic ring is 1. The van der Waals surface area contributed by atoms with Crippen molar-refractivity contribution < 1.29 is 9.13 Å². The molecule has 0 aliphatic carbocycles. The van der Waals surface area contributed by atoms with Gasteiger partial charge in [0, 0.05) is 11.8 Å². The van der Waals surface area contributed by atoms with Gasteiger partial charge < -0.3 is 10.5 Å². The van der Waals surface area contributed by atoms with E-state index in [4.69, 9.17) is 10.5 Å². The molecular weight excluding hydrogens is 269 g/mol. The van der Waals surface area contributed by atoms with Crippen molar-refractivity contribution in [2.45, 2.75) is 13.8 Å². The van der Waals surface area contributed by atoms with E-state index in [1.54, 1.807) is 23.8 Å². The molecule has 3 aromatic rings. The molecule has 108 valence electrons. The predicted octanol–water partition coefficient (Wildman–Crippen LogP) is 3.35. The number of nitrogens with two attached hydrogens (primary N) is 1. The molecule has 0 aliphatic rings.